The molecule has 3 heterocycles. The molecule has 0 fully saturated rings. The summed E-state index contributed by atoms with van der Waals surface area (Å²) < 4.78 is 92.6. The molecule has 4 rings (SSSR count). The van der Waals surface area contributed by atoms with Gasteiger partial charge in [-0.05, 0) is 26.3 Å². The molecular weight excluding hydrogens is 529 g/mol. The number of thiazole rings is 1. The maximum Gasteiger partial charge on any atom is 0.459 e. The fourth-order valence-electron chi connectivity index (χ4n) is 3.80. The van der Waals surface area contributed by atoms with E-state index in [2.05, 4.69) is 25.3 Å². The number of halogens is 7. The van der Waals surface area contributed by atoms with Crippen LogP contribution in [0.5, 0.6) is 0 Å². The topological polar surface area (TPSA) is 95.9 Å². The maximum absolute atomic E-state index is 13.8. The predicted molar refractivity (Wildman–Crippen MR) is 124 cm³/mol. The number of aliphatic hydroxyl groups excluding tert-OH is 1. The summed E-state index contributed by atoms with van der Waals surface area (Å²) in [6.45, 7) is 1.13. The molecule has 7 nitrogen and oxygen atoms in total. The molecule has 1 aliphatic rings. The third kappa shape index (κ3) is 5.19. The molecule has 0 saturated heterocycles. The van der Waals surface area contributed by atoms with E-state index >= 15 is 0 Å². The summed E-state index contributed by atoms with van der Waals surface area (Å²) >= 11 is 1.29. The van der Waals surface area contributed by atoms with Crippen LogP contribution in [0.4, 0.5) is 42.5 Å². The van der Waals surface area contributed by atoms with Gasteiger partial charge in [-0.3, -0.25) is 4.98 Å². The average molecular weight is 551 g/mol. The van der Waals surface area contributed by atoms with E-state index in [-0.39, 0.29) is 30.1 Å². The minimum absolute atomic E-state index is 0.0935. The first-order valence-electron chi connectivity index (χ1n) is 11.0. The zero-order valence-corrected chi connectivity index (χ0v) is 20.2. The van der Waals surface area contributed by atoms with Gasteiger partial charge in [0.25, 0.3) is 0 Å². The van der Waals surface area contributed by atoms with Crippen molar-refractivity contribution in [3.8, 4) is 10.6 Å². The van der Waals surface area contributed by atoms with Crippen LogP contribution >= 0.6 is 11.3 Å². The van der Waals surface area contributed by atoms with Crippen LogP contribution in [0.3, 0.4) is 0 Å². The van der Waals surface area contributed by atoms with Crippen LogP contribution < -0.4 is 10.6 Å². The van der Waals surface area contributed by atoms with Crippen molar-refractivity contribution in [2.75, 3.05) is 23.8 Å². The first-order chi connectivity index (χ1) is 17.2. The fourth-order valence-corrected chi connectivity index (χ4v) is 4.91. The van der Waals surface area contributed by atoms with Gasteiger partial charge in [0.05, 0.1) is 28.2 Å². The van der Waals surface area contributed by atoms with Crippen LogP contribution in [-0.2, 0) is 0 Å². The highest BCUT2D eigenvalue weighted by Gasteiger charge is 2.72. The zero-order chi connectivity index (χ0) is 27.2. The number of alkyl halides is 7. The van der Waals surface area contributed by atoms with Gasteiger partial charge in [0.15, 0.2) is 0 Å². The number of aryl methyl sites for hydroxylation is 2. The van der Waals surface area contributed by atoms with Gasteiger partial charge in [0, 0.05) is 24.8 Å². The van der Waals surface area contributed by atoms with Crippen molar-refractivity contribution in [2.45, 2.75) is 44.3 Å². The largest absolute Gasteiger partial charge is 0.459 e. The van der Waals surface area contributed by atoms with Gasteiger partial charge in [-0.1, -0.05) is 12.2 Å². The number of pyridine rings is 1. The summed E-state index contributed by atoms with van der Waals surface area (Å²) in [5, 5.41) is 14.8. The molecule has 0 spiro atoms. The van der Waals surface area contributed by atoms with Crippen LogP contribution in [0.1, 0.15) is 17.8 Å². The van der Waals surface area contributed by atoms with Gasteiger partial charge in [0.2, 0.25) is 5.95 Å². The van der Waals surface area contributed by atoms with E-state index in [0.29, 0.717) is 28.2 Å². The van der Waals surface area contributed by atoms with Crippen molar-refractivity contribution < 1.29 is 35.8 Å². The average Bonchev–Trinajstić information content (AvgIpc) is 3.44. The third-order valence-corrected chi connectivity index (χ3v) is 6.84. The van der Waals surface area contributed by atoms with Gasteiger partial charge < -0.3 is 15.7 Å². The molecule has 3 aromatic heterocycles. The van der Waals surface area contributed by atoms with Crippen molar-refractivity contribution in [1.29, 1.82) is 0 Å². The van der Waals surface area contributed by atoms with Crippen molar-refractivity contribution in [3.05, 3.63) is 35.8 Å². The molecule has 1 aliphatic carbocycles. The van der Waals surface area contributed by atoms with E-state index in [1.807, 2.05) is 5.32 Å². The molecule has 37 heavy (non-hydrogen) atoms. The molecule has 3 aromatic rings. The minimum atomic E-state index is -6.44. The normalized spacial score (nSPS) is 18.5. The number of nitrogens with one attached hydrogen (secondary N) is 2. The van der Waals surface area contributed by atoms with E-state index in [1.165, 1.54) is 18.3 Å². The number of rotatable bonds is 8. The number of fused-ring (bicyclic) bond motifs is 1. The van der Waals surface area contributed by atoms with E-state index in [0.717, 1.165) is 4.70 Å². The summed E-state index contributed by atoms with van der Waals surface area (Å²) in [5.74, 6) is -12.3. The Kier molecular flexibility index (Phi) is 7.05. The van der Waals surface area contributed by atoms with Crippen molar-refractivity contribution in [2.24, 2.45) is 5.92 Å². The van der Waals surface area contributed by atoms with E-state index in [4.69, 9.17) is 0 Å². The number of hydrogen-bond donors (Lipinski definition) is 3. The van der Waals surface area contributed by atoms with Gasteiger partial charge in [-0.15, -0.1) is 11.3 Å². The lowest BCUT2D eigenvalue weighted by molar-refractivity contribution is -0.350. The van der Waals surface area contributed by atoms with Crippen molar-refractivity contribution in [3.63, 3.8) is 0 Å². The standard InChI is InChI=1S/C22H21F7N6OS/c1-10-15(18-34-16-11(2)30-6-5-14(16)37-18)17(33-13-4-3-12(7-13)8-36)35-19(32-10)31-9-20(23,24)21(25,26)22(27,28)29/h3-6,12-13,36H,7-9H2,1-2H3,(H2,31,32,33,35)/t12-,13+/m1/s1. The smallest absolute Gasteiger partial charge is 0.396 e. The maximum atomic E-state index is 13.8. The molecule has 200 valence electrons. The Bertz CT molecular complexity index is 1330. The highest BCUT2D eigenvalue weighted by molar-refractivity contribution is 7.21. The van der Waals surface area contributed by atoms with Gasteiger partial charge in [0.1, 0.15) is 16.3 Å². The molecule has 3 N–H and O–H groups in total. The highest BCUT2D eigenvalue weighted by atomic mass is 32.1. The molecule has 0 saturated carbocycles. The third-order valence-electron chi connectivity index (χ3n) is 5.81. The first kappa shape index (κ1) is 27.0. The fraction of sp³-hybridized carbons (Fsp3) is 0.455. The van der Waals surface area contributed by atoms with Crippen LogP contribution in [0.15, 0.2) is 24.4 Å². The van der Waals surface area contributed by atoms with E-state index < -0.39 is 30.5 Å². The summed E-state index contributed by atoms with van der Waals surface area (Å²) in [6.07, 6.45) is -0.773. The van der Waals surface area contributed by atoms with Crippen molar-refractivity contribution in [1.82, 2.24) is 19.9 Å². The van der Waals surface area contributed by atoms with Crippen LogP contribution in [-0.4, -0.2) is 62.3 Å². The number of nitrogens with zero attached hydrogens (tertiary/aromatic N) is 4. The van der Waals surface area contributed by atoms with Crippen LogP contribution in [0, 0.1) is 19.8 Å². The molecule has 0 aliphatic heterocycles. The second-order valence-electron chi connectivity index (χ2n) is 8.56. The Balaban J connectivity index is 1.70. The SMILES string of the molecule is Cc1nc(NCC(F)(F)C(F)(F)C(F)(F)F)nc(N[C@H]2C=C[C@@H](CO)C2)c1-c1nc2c(C)nccc2s1. The Labute approximate surface area is 209 Å². The molecule has 0 aromatic carbocycles. The number of aliphatic hydroxyl groups is 1. The highest BCUT2D eigenvalue weighted by Crippen LogP contribution is 2.46. The zero-order valence-electron chi connectivity index (χ0n) is 19.4. The molecular formula is C22H21F7N6OS. The van der Waals surface area contributed by atoms with Crippen molar-refractivity contribution >= 4 is 33.3 Å². The van der Waals surface area contributed by atoms with Crippen LogP contribution in [0.25, 0.3) is 20.8 Å². The minimum Gasteiger partial charge on any atom is -0.396 e. The second-order valence-corrected chi connectivity index (χ2v) is 9.59. The monoisotopic (exact) mass is 550 g/mol. The second kappa shape index (κ2) is 9.67. The predicted octanol–water partition coefficient (Wildman–Crippen LogP) is 5.36. The summed E-state index contributed by atoms with van der Waals surface area (Å²) in [6, 6.07) is 1.43. The molecule has 2 atom stereocenters. The number of hydrogen-bond acceptors (Lipinski definition) is 8. The molecule has 0 bridgehead atoms. The van der Waals surface area contributed by atoms with Crippen LogP contribution in [0.2, 0.25) is 0 Å². The lowest BCUT2D eigenvalue weighted by Gasteiger charge is -2.28. The lowest BCUT2D eigenvalue weighted by atomic mass is 10.1. The Morgan fingerprint density at radius 2 is 1.76 bits per heavy atom. The van der Waals surface area contributed by atoms with Gasteiger partial charge >= 0.3 is 18.0 Å². The molecule has 15 heteroatoms. The quantitative estimate of drug-likeness (QED) is 0.257. The Morgan fingerprint density at radius 1 is 1.03 bits per heavy atom. The summed E-state index contributed by atoms with van der Waals surface area (Å²) in [7, 11) is 0. The van der Waals surface area contributed by atoms with Gasteiger partial charge in [-0.25, -0.2) is 9.97 Å². The summed E-state index contributed by atoms with van der Waals surface area (Å²) in [4.78, 5) is 17.0. The van der Waals surface area contributed by atoms with Gasteiger partial charge in [-0.2, -0.15) is 35.7 Å². The van der Waals surface area contributed by atoms with E-state index in [9.17, 15) is 35.8 Å². The molecule has 0 unspecified atom stereocenters. The molecule has 0 amide bonds. The number of aromatic nitrogens is 4. The molecule has 0 radical (unpaired) electrons. The Hall–Kier alpha value is -3.07. The first-order valence-corrected chi connectivity index (χ1v) is 11.8. The van der Waals surface area contributed by atoms with E-state index in [1.54, 1.807) is 31.3 Å². The number of anilines is 2. The summed E-state index contributed by atoms with van der Waals surface area (Å²) in [5.41, 5.74) is 1.92. The Morgan fingerprint density at radius 3 is 2.38 bits per heavy atom. The lowest BCUT2D eigenvalue weighted by Crippen LogP contribution is -2.55.